The van der Waals surface area contributed by atoms with Crippen molar-refractivity contribution in [2.45, 2.75) is 39.8 Å². The average Bonchev–Trinajstić information content (AvgIpc) is 2.47. The molecule has 0 saturated carbocycles. The number of benzene rings is 1. The van der Waals surface area contributed by atoms with Crippen molar-refractivity contribution in [3.8, 4) is 11.5 Å². The van der Waals surface area contributed by atoms with Gasteiger partial charge in [0, 0.05) is 13.6 Å². The molecule has 1 aromatic carbocycles. The Morgan fingerprint density at radius 1 is 1.22 bits per heavy atom. The average molecular weight is 345 g/mol. The SMILES string of the molecule is COc1cc(C)c(CN(C)C(=O)[C@@H](N)CC(C)C)cc1OC.Cl. The molecule has 1 rings (SSSR count). The Kier molecular flexibility index (Phi) is 9.02. The molecule has 0 aliphatic heterocycles. The third-order valence-electron chi connectivity index (χ3n) is 3.67. The van der Waals surface area contributed by atoms with Crippen LogP contribution in [-0.4, -0.2) is 38.1 Å². The number of rotatable bonds is 7. The van der Waals surface area contributed by atoms with Crippen LogP contribution in [0.15, 0.2) is 12.1 Å². The third-order valence-corrected chi connectivity index (χ3v) is 3.67. The molecule has 0 radical (unpaired) electrons. The summed E-state index contributed by atoms with van der Waals surface area (Å²) in [7, 11) is 4.99. The van der Waals surface area contributed by atoms with E-state index < -0.39 is 6.04 Å². The van der Waals surface area contributed by atoms with Gasteiger partial charge in [0.2, 0.25) is 5.91 Å². The van der Waals surface area contributed by atoms with Gasteiger partial charge in [0.15, 0.2) is 11.5 Å². The fraction of sp³-hybridized carbons (Fsp3) is 0.588. The van der Waals surface area contributed by atoms with Gasteiger partial charge in [0.05, 0.1) is 20.3 Å². The number of hydrogen-bond acceptors (Lipinski definition) is 4. The number of amides is 1. The number of carbonyl (C=O) groups is 1. The maximum atomic E-state index is 12.3. The van der Waals surface area contributed by atoms with Gasteiger partial charge in [0.1, 0.15) is 0 Å². The molecule has 0 unspecified atom stereocenters. The largest absolute Gasteiger partial charge is 0.493 e. The van der Waals surface area contributed by atoms with Crippen LogP contribution >= 0.6 is 12.4 Å². The van der Waals surface area contributed by atoms with Crippen molar-refractivity contribution >= 4 is 18.3 Å². The molecule has 2 N–H and O–H groups in total. The first-order valence-electron chi connectivity index (χ1n) is 7.52. The second-order valence-electron chi connectivity index (χ2n) is 6.06. The van der Waals surface area contributed by atoms with E-state index in [0.717, 1.165) is 11.1 Å². The molecule has 0 fully saturated rings. The lowest BCUT2D eigenvalue weighted by atomic mass is 10.0. The Bertz CT molecular complexity index is 521. The van der Waals surface area contributed by atoms with E-state index in [1.807, 2.05) is 19.1 Å². The summed E-state index contributed by atoms with van der Waals surface area (Å²) in [6, 6.07) is 3.37. The van der Waals surface area contributed by atoms with Gasteiger partial charge in [-0.05, 0) is 42.5 Å². The minimum Gasteiger partial charge on any atom is -0.493 e. The van der Waals surface area contributed by atoms with E-state index in [9.17, 15) is 4.79 Å². The molecular formula is C17H29ClN2O3. The van der Waals surface area contributed by atoms with Crippen LogP contribution in [0, 0.1) is 12.8 Å². The monoisotopic (exact) mass is 344 g/mol. The summed E-state index contributed by atoms with van der Waals surface area (Å²) in [6.45, 7) is 6.61. The van der Waals surface area contributed by atoms with Crippen LogP contribution in [0.25, 0.3) is 0 Å². The summed E-state index contributed by atoms with van der Waals surface area (Å²) in [5.41, 5.74) is 8.05. The van der Waals surface area contributed by atoms with Crippen molar-refractivity contribution in [2.75, 3.05) is 21.3 Å². The molecule has 23 heavy (non-hydrogen) atoms. The van der Waals surface area contributed by atoms with Gasteiger partial charge < -0.3 is 20.1 Å². The minimum atomic E-state index is -0.453. The fourth-order valence-electron chi connectivity index (χ4n) is 2.42. The first kappa shape index (κ1) is 21.5. The number of carbonyl (C=O) groups excluding carboxylic acids is 1. The molecule has 0 bridgehead atoms. The van der Waals surface area contributed by atoms with Gasteiger partial charge in [-0.15, -0.1) is 12.4 Å². The number of nitrogens with zero attached hydrogens (tertiary/aromatic N) is 1. The maximum Gasteiger partial charge on any atom is 0.239 e. The van der Waals surface area contributed by atoms with Crippen LogP contribution in [0.2, 0.25) is 0 Å². The zero-order chi connectivity index (χ0) is 16.9. The summed E-state index contributed by atoms with van der Waals surface area (Å²) < 4.78 is 10.6. The Balaban J connectivity index is 0.00000484. The number of halogens is 1. The van der Waals surface area contributed by atoms with E-state index in [4.69, 9.17) is 15.2 Å². The lowest BCUT2D eigenvalue weighted by Gasteiger charge is -2.23. The molecule has 1 amide bonds. The van der Waals surface area contributed by atoms with Crippen LogP contribution < -0.4 is 15.2 Å². The smallest absolute Gasteiger partial charge is 0.239 e. The molecule has 1 atom stereocenters. The second kappa shape index (κ2) is 9.63. The Morgan fingerprint density at radius 2 is 1.74 bits per heavy atom. The summed E-state index contributed by atoms with van der Waals surface area (Å²) in [6.07, 6.45) is 0.689. The molecular weight excluding hydrogens is 316 g/mol. The van der Waals surface area contributed by atoms with Gasteiger partial charge in [-0.3, -0.25) is 4.79 Å². The standard InChI is InChI=1S/C17H28N2O3.ClH/c1-11(2)7-14(18)17(20)19(4)10-13-9-16(22-6)15(21-5)8-12(13)3;/h8-9,11,14H,7,10,18H2,1-6H3;1H/t14-;/m0./s1. The van der Waals surface area contributed by atoms with Crippen molar-refractivity contribution < 1.29 is 14.3 Å². The summed E-state index contributed by atoms with van der Waals surface area (Å²) in [5, 5.41) is 0. The molecule has 0 aromatic heterocycles. The van der Waals surface area contributed by atoms with Gasteiger partial charge in [0.25, 0.3) is 0 Å². The maximum absolute atomic E-state index is 12.3. The molecule has 1 aromatic rings. The van der Waals surface area contributed by atoms with Crippen LogP contribution in [0.3, 0.4) is 0 Å². The molecule has 0 saturated heterocycles. The topological polar surface area (TPSA) is 64.8 Å². The number of aryl methyl sites for hydroxylation is 1. The molecule has 5 nitrogen and oxygen atoms in total. The normalized spacial score (nSPS) is 11.7. The number of hydrogen-bond donors (Lipinski definition) is 1. The highest BCUT2D eigenvalue weighted by Crippen LogP contribution is 2.30. The summed E-state index contributed by atoms with van der Waals surface area (Å²) >= 11 is 0. The Hall–Kier alpha value is -1.46. The van der Waals surface area contributed by atoms with Crippen molar-refractivity contribution in [3.05, 3.63) is 23.3 Å². The Labute approximate surface area is 145 Å². The van der Waals surface area contributed by atoms with Gasteiger partial charge >= 0.3 is 0 Å². The molecule has 0 heterocycles. The molecule has 6 heteroatoms. The highest BCUT2D eigenvalue weighted by atomic mass is 35.5. The number of ether oxygens (including phenoxy) is 2. The van der Waals surface area contributed by atoms with Crippen molar-refractivity contribution in [2.24, 2.45) is 11.7 Å². The molecule has 0 aliphatic rings. The minimum absolute atomic E-state index is 0. The van der Waals surface area contributed by atoms with E-state index in [-0.39, 0.29) is 18.3 Å². The lowest BCUT2D eigenvalue weighted by molar-refractivity contribution is -0.132. The third kappa shape index (κ3) is 5.92. The number of likely N-dealkylation sites (N-methyl/N-ethyl adjacent to an activating group) is 1. The predicted octanol–water partition coefficient (Wildman–Crippen LogP) is 2.77. The van der Waals surface area contributed by atoms with Crippen LogP contribution in [0.1, 0.15) is 31.4 Å². The summed E-state index contributed by atoms with van der Waals surface area (Å²) in [4.78, 5) is 14.0. The lowest BCUT2D eigenvalue weighted by Crippen LogP contribution is -2.42. The quantitative estimate of drug-likeness (QED) is 0.826. The zero-order valence-electron chi connectivity index (χ0n) is 14.9. The first-order valence-corrected chi connectivity index (χ1v) is 7.52. The van der Waals surface area contributed by atoms with Crippen molar-refractivity contribution in [1.29, 1.82) is 0 Å². The van der Waals surface area contributed by atoms with Gasteiger partial charge in [-0.25, -0.2) is 0 Å². The Morgan fingerprint density at radius 3 is 2.22 bits per heavy atom. The van der Waals surface area contributed by atoms with Crippen molar-refractivity contribution in [3.63, 3.8) is 0 Å². The van der Waals surface area contributed by atoms with E-state index in [2.05, 4.69) is 13.8 Å². The second-order valence-corrected chi connectivity index (χ2v) is 6.06. The summed E-state index contributed by atoms with van der Waals surface area (Å²) in [5.74, 6) is 1.71. The van der Waals surface area contributed by atoms with E-state index >= 15 is 0 Å². The van der Waals surface area contributed by atoms with Gasteiger partial charge in [-0.2, -0.15) is 0 Å². The fourth-order valence-corrected chi connectivity index (χ4v) is 2.42. The van der Waals surface area contributed by atoms with Gasteiger partial charge in [-0.1, -0.05) is 13.8 Å². The number of methoxy groups -OCH3 is 2. The molecule has 132 valence electrons. The van der Waals surface area contributed by atoms with E-state index in [1.165, 1.54) is 0 Å². The molecule has 0 aliphatic carbocycles. The van der Waals surface area contributed by atoms with E-state index in [1.54, 1.807) is 26.2 Å². The van der Waals surface area contributed by atoms with Crippen LogP contribution in [0.4, 0.5) is 0 Å². The van der Waals surface area contributed by atoms with E-state index in [0.29, 0.717) is 30.4 Å². The van der Waals surface area contributed by atoms with Crippen molar-refractivity contribution in [1.82, 2.24) is 4.90 Å². The van der Waals surface area contributed by atoms with Crippen LogP contribution in [-0.2, 0) is 11.3 Å². The number of nitrogens with two attached hydrogens (primary N) is 1. The first-order chi connectivity index (χ1) is 10.3. The highest BCUT2D eigenvalue weighted by Gasteiger charge is 2.20. The van der Waals surface area contributed by atoms with Crippen LogP contribution in [0.5, 0.6) is 11.5 Å². The molecule has 0 spiro atoms. The zero-order valence-corrected chi connectivity index (χ0v) is 15.7. The highest BCUT2D eigenvalue weighted by molar-refractivity contribution is 5.85. The predicted molar refractivity (Wildman–Crippen MR) is 95.4 cm³/mol.